The molecular weight excluding hydrogens is 320 g/mol. The Bertz CT molecular complexity index is 674. The van der Waals surface area contributed by atoms with E-state index in [0.717, 1.165) is 24.8 Å². The second-order valence-corrected chi connectivity index (χ2v) is 9.17. The largest absolute Gasteiger partial charge is 0.472 e. The normalized spacial score (nSPS) is 57.3. The minimum absolute atomic E-state index is 0.0172. The fraction of sp³-hybridized carbons (Fsp3) is 0.800. The summed E-state index contributed by atoms with van der Waals surface area (Å²) >= 11 is 0. The molecule has 2 aliphatic heterocycles. The van der Waals surface area contributed by atoms with E-state index in [1.165, 1.54) is 0 Å². The van der Waals surface area contributed by atoms with E-state index in [4.69, 9.17) is 13.9 Å². The maximum atomic E-state index is 11.1. The van der Waals surface area contributed by atoms with Gasteiger partial charge in [0.25, 0.3) is 0 Å². The Kier molecular flexibility index (Phi) is 3.19. The van der Waals surface area contributed by atoms with Crippen LogP contribution in [0.1, 0.15) is 58.1 Å². The highest BCUT2D eigenvalue weighted by molar-refractivity contribution is 5.24. The van der Waals surface area contributed by atoms with Crippen molar-refractivity contribution in [2.24, 2.45) is 22.7 Å². The average molecular weight is 348 g/mol. The lowest BCUT2D eigenvalue weighted by atomic mass is 9.43. The lowest BCUT2D eigenvalue weighted by Crippen LogP contribution is -2.63. The van der Waals surface area contributed by atoms with E-state index in [1.807, 2.05) is 6.07 Å². The minimum atomic E-state index is -0.874. The van der Waals surface area contributed by atoms with Gasteiger partial charge in [-0.05, 0) is 50.5 Å². The lowest BCUT2D eigenvalue weighted by Gasteiger charge is -2.60. The summed E-state index contributed by atoms with van der Waals surface area (Å²) in [6.45, 7) is 6.53. The number of rotatable bonds is 1. The summed E-state index contributed by atoms with van der Waals surface area (Å²) in [4.78, 5) is 0. The molecule has 0 bridgehead atoms. The summed E-state index contributed by atoms with van der Waals surface area (Å²) in [6.07, 6.45) is 5.63. The molecule has 5 nitrogen and oxygen atoms in total. The number of furan rings is 1. The highest BCUT2D eigenvalue weighted by Crippen LogP contribution is 2.72. The smallest absolute Gasteiger partial charge is 0.161 e. The van der Waals surface area contributed by atoms with Crippen LogP contribution in [0.15, 0.2) is 23.0 Å². The maximum Gasteiger partial charge on any atom is 0.161 e. The molecule has 1 spiro atoms. The molecule has 5 heteroatoms. The molecule has 1 aromatic rings. The van der Waals surface area contributed by atoms with Gasteiger partial charge < -0.3 is 24.1 Å². The van der Waals surface area contributed by atoms with Gasteiger partial charge in [-0.1, -0.05) is 13.8 Å². The van der Waals surface area contributed by atoms with Crippen molar-refractivity contribution in [1.29, 1.82) is 0 Å². The van der Waals surface area contributed by atoms with Crippen LogP contribution in [-0.2, 0) is 9.47 Å². The first-order valence-corrected chi connectivity index (χ1v) is 9.54. The third kappa shape index (κ3) is 1.83. The van der Waals surface area contributed by atoms with Crippen LogP contribution in [0.5, 0.6) is 0 Å². The van der Waals surface area contributed by atoms with E-state index in [1.54, 1.807) is 12.5 Å². The number of aliphatic hydroxyl groups excluding tert-OH is 2. The van der Waals surface area contributed by atoms with Crippen LogP contribution in [0.4, 0.5) is 0 Å². The molecule has 2 N–H and O–H groups in total. The van der Waals surface area contributed by atoms with Crippen molar-refractivity contribution in [2.75, 3.05) is 0 Å². The Morgan fingerprint density at radius 1 is 1.16 bits per heavy atom. The number of epoxide rings is 1. The molecule has 3 heterocycles. The van der Waals surface area contributed by atoms with E-state index in [0.29, 0.717) is 12.5 Å². The predicted octanol–water partition coefficient (Wildman–Crippen LogP) is 3.02. The van der Waals surface area contributed by atoms with Gasteiger partial charge in [0, 0.05) is 16.4 Å². The van der Waals surface area contributed by atoms with E-state index < -0.39 is 17.8 Å². The summed E-state index contributed by atoms with van der Waals surface area (Å²) in [5, 5.41) is 22.0. The third-order valence-electron chi connectivity index (χ3n) is 8.48. The summed E-state index contributed by atoms with van der Waals surface area (Å²) in [7, 11) is 0. The average Bonchev–Trinajstić information content (AvgIpc) is 2.94. The van der Waals surface area contributed by atoms with Crippen LogP contribution in [0.3, 0.4) is 0 Å². The highest BCUT2D eigenvalue weighted by Gasteiger charge is 2.76. The molecule has 2 saturated carbocycles. The molecule has 5 rings (SSSR count). The van der Waals surface area contributed by atoms with Crippen molar-refractivity contribution >= 4 is 0 Å². The Labute approximate surface area is 148 Å². The van der Waals surface area contributed by atoms with Crippen molar-refractivity contribution in [3.8, 4) is 0 Å². The quantitative estimate of drug-likeness (QED) is 0.763. The van der Waals surface area contributed by atoms with Crippen molar-refractivity contribution in [3.05, 3.63) is 24.2 Å². The molecule has 2 unspecified atom stereocenters. The summed E-state index contributed by atoms with van der Waals surface area (Å²) < 4.78 is 17.4. The van der Waals surface area contributed by atoms with Crippen LogP contribution >= 0.6 is 0 Å². The standard InChI is InChI=1S/C20H28O5/c1-11-13(21)8-18(2)15(4-5-16-19(18,3)25-16)20(11)9-14(24-17(20)22)12-6-7-23-10-12/h6-7,10-11,13-17,21-22H,4-5,8-9H2,1-3H3/t11-,13-,14?,15+,16-,17?,18-,19-,20-/m1/s1. The van der Waals surface area contributed by atoms with Gasteiger partial charge in [-0.15, -0.1) is 0 Å². The van der Waals surface area contributed by atoms with Gasteiger partial charge in [0.05, 0.1) is 36.4 Å². The van der Waals surface area contributed by atoms with Gasteiger partial charge in [-0.25, -0.2) is 0 Å². The predicted molar refractivity (Wildman–Crippen MR) is 89.5 cm³/mol. The molecule has 4 fully saturated rings. The number of fused-ring (bicyclic) bond motifs is 4. The van der Waals surface area contributed by atoms with Crippen molar-refractivity contribution in [3.63, 3.8) is 0 Å². The number of hydrogen-bond donors (Lipinski definition) is 2. The zero-order valence-corrected chi connectivity index (χ0v) is 15.1. The Morgan fingerprint density at radius 3 is 2.68 bits per heavy atom. The first-order chi connectivity index (χ1) is 11.8. The molecule has 0 aromatic carbocycles. The molecule has 2 saturated heterocycles. The van der Waals surface area contributed by atoms with Crippen molar-refractivity contribution in [2.45, 2.75) is 76.7 Å². The van der Waals surface area contributed by atoms with Crippen molar-refractivity contribution in [1.82, 2.24) is 0 Å². The third-order valence-corrected chi connectivity index (χ3v) is 8.48. The molecular formula is C20H28O5. The van der Waals surface area contributed by atoms with Crippen LogP contribution in [0, 0.1) is 22.7 Å². The van der Waals surface area contributed by atoms with Gasteiger partial charge in [0.2, 0.25) is 0 Å². The molecule has 1 aromatic heterocycles. The van der Waals surface area contributed by atoms with E-state index in [9.17, 15) is 10.2 Å². The Balaban J connectivity index is 1.58. The van der Waals surface area contributed by atoms with E-state index in [-0.39, 0.29) is 29.0 Å². The second-order valence-electron chi connectivity index (χ2n) is 9.17. The fourth-order valence-electron chi connectivity index (χ4n) is 6.71. The van der Waals surface area contributed by atoms with E-state index >= 15 is 0 Å². The Hall–Kier alpha value is -0.880. The first kappa shape index (κ1) is 16.3. The molecule has 0 amide bonds. The topological polar surface area (TPSA) is 75.4 Å². The maximum absolute atomic E-state index is 11.1. The van der Waals surface area contributed by atoms with Crippen LogP contribution < -0.4 is 0 Å². The molecule has 4 aliphatic rings. The SMILES string of the molecule is C[C@@H]1[C@H](O)C[C@]2(C)[C@H](CC[C@H]3O[C@]32C)[C@@]12CC(c1ccoc1)OC2O. The van der Waals surface area contributed by atoms with Crippen LogP contribution in [0.25, 0.3) is 0 Å². The van der Waals surface area contributed by atoms with Gasteiger partial charge in [0.15, 0.2) is 6.29 Å². The first-order valence-electron chi connectivity index (χ1n) is 9.54. The van der Waals surface area contributed by atoms with Crippen LogP contribution in [0.2, 0.25) is 0 Å². The molecule has 2 aliphatic carbocycles. The molecule has 138 valence electrons. The van der Waals surface area contributed by atoms with Gasteiger partial charge >= 0.3 is 0 Å². The molecule has 25 heavy (non-hydrogen) atoms. The number of hydrogen-bond acceptors (Lipinski definition) is 5. The zero-order valence-electron chi connectivity index (χ0n) is 15.1. The number of aliphatic hydroxyl groups is 2. The summed E-state index contributed by atoms with van der Waals surface area (Å²) in [5.74, 6) is 0.255. The zero-order chi connectivity index (χ0) is 17.6. The van der Waals surface area contributed by atoms with Gasteiger partial charge in [-0.3, -0.25) is 0 Å². The summed E-state index contributed by atoms with van der Waals surface area (Å²) in [6, 6.07) is 1.90. The van der Waals surface area contributed by atoms with E-state index in [2.05, 4.69) is 20.8 Å². The van der Waals surface area contributed by atoms with Crippen molar-refractivity contribution < 1.29 is 24.1 Å². The molecule has 9 atom stereocenters. The highest BCUT2D eigenvalue weighted by atomic mass is 16.6. The number of ether oxygens (including phenoxy) is 2. The van der Waals surface area contributed by atoms with Crippen LogP contribution in [-0.4, -0.2) is 34.3 Å². The van der Waals surface area contributed by atoms with Gasteiger partial charge in [0.1, 0.15) is 0 Å². The lowest BCUT2D eigenvalue weighted by molar-refractivity contribution is -0.233. The minimum Gasteiger partial charge on any atom is -0.472 e. The molecule has 0 radical (unpaired) electrons. The monoisotopic (exact) mass is 348 g/mol. The second kappa shape index (κ2) is 4.89. The van der Waals surface area contributed by atoms with Gasteiger partial charge in [-0.2, -0.15) is 0 Å². The fourth-order valence-corrected chi connectivity index (χ4v) is 6.71. The Morgan fingerprint density at radius 2 is 1.96 bits per heavy atom. The summed E-state index contributed by atoms with van der Waals surface area (Å²) in [5.41, 5.74) is 0.191.